The molecule has 0 radical (unpaired) electrons. The van der Waals surface area contributed by atoms with Crippen LogP contribution in [0.3, 0.4) is 0 Å². The van der Waals surface area contributed by atoms with Crippen molar-refractivity contribution in [1.82, 2.24) is 10.2 Å². The van der Waals surface area contributed by atoms with E-state index in [-0.39, 0.29) is 18.2 Å². The van der Waals surface area contributed by atoms with E-state index < -0.39 is 35.6 Å². The molecule has 2 aromatic carbocycles. The molecule has 0 fully saturated rings. The quantitative estimate of drug-likeness (QED) is 0.226. The summed E-state index contributed by atoms with van der Waals surface area (Å²) in [6.07, 6.45) is 3.40. The van der Waals surface area contributed by atoms with Gasteiger partial charge in [-0.1, -0.05) is 64.7 Å². The number of nitrogens with one attached hydrogen (secondary N) is 2. The number of hydrogen-bond donors (Lipinski definition) is 3. The molecule has 3 N–H and O–H groups in total. The molecule has 0 aliphatic heterocycles. The highest BCUT2D eigenvalue weighted by molar-refractivity contribution is 5.99. The minimum absolute atomic E-state index is 0.103. The maximum Gasteiger partial charge on any atom is 0.408 e. The molecule has 0 spiro atoms. The number of amides is 3. The predicted molar refractivity (Wildman–Crippen MR) is 161 cm³/mol. The number of unbranched alkanes of at least 4 members (excludes halogenated alkanes) is 3. The van der Waals surface area contributed by atoms with Gasteiger partial charge in [-0.2, -0.15) is 0 Å². The van der Waals surface area contributed by atoms with E-state index in [1.165, 1.54) is 11.0 Å². The number of alkyl carbamates (subject to hydrolysis) is 1. The van der Waals surface area contributed by atoms with Gasteiger partial charge < -0.3 is 30.1 Å². The number of methoxy groups -OCH3 is 1. The van der Waals surface area contributed by atoms with E-state index in [2.05, 4.69) is 17.6 Å². The first-order valence-corrected chi connectivity index (χ1v) is 14.4. The molecule has 41 heavy (non-hydrogen) atoms. The van der Waals surface area contributed by atoms with Crippen LogP contribution in [0.5, 0.6) is 11.5 Å². The molecule has 0 saturated carbocycles. The SMILES string of the molecule is CCCCCCN(C(=O)C(NC(=O)OC(C)(C)C)C(C)CC)C(C(=O)Nc1ccc(OC)cc1)c1ccccc1O. The van der Waals surface area contributed by atoms with Crippen molar-refractivity contribution in [3.05, 3.63) is 54.1 Å². The summed E-state index contributed by atoms with van der Waals surface area (Å²) in [6.45, 7) is 11.4. The van der Waals surface area contributed by atoms with Gasteiger partial charge in [-0.25, -0.2) is 4.79 Å². The van der Waals surface area contributed by atoms with E-state index in [4.69, 9.17) is 9.47 Å². The summed E-state index contributed by atoms with van der Waals surface area (Å²) in [4.78, 5) is 42.6. The average Bonchev–Trinajstić information content (AvgIpc) is 2.92. The van der Waals surface area contributed by atoms with Crippen molar-refractivity contribution < 1.29 is 29.0 Å². The Balaban J connectivity index is 2.55. The molecule has 0 heterocycles. The lowest BCUT2D eigenvalue weighted by atomic mass is 9.95. The summed E-state index contributed by atoms with van der Waals surface area (Å²) in [5.74, 6) is -0.616. The number of nitrogens with zero attached hydrogens (tertiary/aromatic N) is 1. The number of hydrogen-bond acceptors (Lipinski definition) is 6. The lowest BCUT2D eigenvalue weighted by molar-refractivity contribution is -0.142. The molecule has 2 aromatic rings. The Kier molecular flexibility index (Phi) is 13.0. The number of phenols is 1. The number of aromatic hydroxyl groups is 1. The van der Waals surface area contributed by atoms with Gasteiger partial charge in [0.15, 0.2) is 0 Å². The summed E-state index contributed by atoms with van der Waals surface area (Å²) in [6, 6.07) is 11.3. The van der Waals surface area contributed by atoms with Crippen LogP contribution in [0.2, 0.25) is 0 Å². The Morgan fingerprint density at radius 1 is 0.976 bits per heavy atom. The fourth-order valence-electron chi connectivity index (χ4n) is 4.43. The Labute approximate surface area is 244 Å². The second-order valence-electron chi connectivity index (χ2n) is 11.3. The fourth-order valence-corrected chi connectivity index (χ4v) is 4.43. The maximum absolute atomic E-state index is 14.4. The molecule has 0 bridgehead atoms. The number of anilines is 1. The Morgan fingerprint density at radius 3 is 2.20 bits per heavy atom. The third-order valence-corrected chi connectivity index (χ3v) is 6.84. The number of phenolic OH excluding ortho intramolecular Hbond substituents is 1. The highest BCUT2D eigenvalue weighted by Gasteiger charge is 2.39. The van der Waals surface area contributed by atoms with Crippen LogP contribution in [0.25, 0.3) is 0 Å². The van der Waals surface area contributed by atoms with Gasteiger partial charge >= 0.3 is 6.09 Å². The van der Waals surface area contributed by atoms with Gasteiger partial charge in [-0.15, -0.1) is 0 Å². The normalized spacial score (nSPS) is 13.4. The van der Waals surface area contributed by atoms with Crippen LogP contribution in [0.1, 0.15) is 85.3 Å². The smallest absolute Gasteiger partial charge is 0.408 e. The van der Waals surface area contributed by atoms with Crippen LogP contribution in [0, 0.1) is 5.92 Å². The highest BCUT2D eigenvalue weighted by atomic mass is 16.6. The summed E-state index contributed by atoms with van der Waals surface area (Å²) < 4.78 is 10.7. The standard InChI is InChI=1S/C32H47N3O6/c1-8-10-11-14-21-35(30(38)27(22(3)9-2)34-31(39)41-32(4,5)6)28(25-15-12-13-16-26(25)36)29(37)33-23-17-19-24(40-7)20-18-23/h12-13,15-20,22,27-28,36H,8-11,14,21H2,1-7H3,(H,33,37)(H,34,39). The zero-order valence-electron chi connectivity index (χ0n) is 25.5. The van der Waals surface area contributed by atoms with Crippen molar-refractivity contribution >= 4 is 23.6 Å². The van der Waals surface area contributed by atoms with Gasteiger partial charge in [0, 0.05) is 17.8 Å². The molecule has 3 unspecified atom stereocenters. The first kappa shape index (κ1) is 33.5. The molecule has 0 aromatic heterocycles. The number of benzene rings is 2. The van der Waals surface area contributed by atoms with Gasteiger partial charge in [0.05, 0.1) is 7.11 Å². The molecule has 3 amide bonds. The molecule has 9 nitrogen and oxygen atoms in total. The molecule has 0 aliphatic carbocycles. The number of para-hydroxylation sites is 1. The zero-order valence-corrected chi connectivity index (χ0v) is 25.5. The molecule has 3 atom stereocenters. The van der Waals surface area contributed by atoms with E-state index in [1.54, 1.807) is 70.3 Å². The van der Waals surface area contributed by atoms with Gasteiger partial charge in [-0.3, -0.25) is 9.59 Å². The number of carbonyl (C=O) groups excluding carboxylic acids is 3. The molecule has 226 valence electrons. The Hall–Kier alpha value is -3.75. The van der Waals surface area contributed by atoms with E-state index in [9.17, 15) is 19.5 Å². The second-order valence-corrected chi connectivity index (χ2v) is 11.3. The lowest BCUT2D eigenvalue weighted by Crippen LogP contribution is -2.55. The summed E-state index contributed by atoms with van der Waals surface area (Å²) in [7, 11) is 1.56. The van der Waals surface area contributed by atoms with E-state index in [0.29, 0.717) is 29.8 Å². The van der Waals surface area contributed by atoms with Crippen molar-refractivity contribution in [3.8, 4) is 11.5 Å². The fraction of sp³-hybridized carbons (Fsp3) is 0.531. The molecule has 0 saturated heterocycles. The van der Waals surface area contributed by atoms with Crippen LogP contribution < -0.4 is 15.4 Å². The third kappa shape index (κ3) is 10.3. The predicted octanol–water partition coefficient (Wildman–Crippen LogP) is 6.43. The van der Waals surface area contributed by atoms with E-state index in [0.717, 1.165) is 19.3 Å². The van der Waals surface area contributed by atoms with Crippen LogP contribution in [-0.4, -0.2) is 53.2 Å². The largest absolute Gasteiger partial charge is 0.508 e. The van der Waals surface area contributed by atoms with E-state index >= 15 is 0 Å². The average molecular weight is 570 g/mol. The number of carbonyl (C=O) groups is 3. The first-order chi connectivity index (χ1) is 19.4. The van der Waals surface area contributed by atoms with Crippen molar-refractivity contribution in [2.24, 2.45) is 5.92 Å². The lowest BCUT2D eigenvalue weighted by Gasteiger charge is -2.36. The maximum atomic E-state index is 14.4. The Bertz CT molecular complexity index is 1130. The van der Waals surface area contributed by atoms with Gasteiger partial charge in [0.1, 0.15) is 29.2 Å². The topological polar surface area (TPSA) is 117 Å². The number of rotatable bonds is 14. The molecule has 9 heteroatoms. The van der Waals surface area contributed by atoms with Crippen LogP contribution in [0.4, 0.5) is 10.5 Å². The van der Waals surface area contributed by atoms with E-state index in [1.807, 2.05) is 13.8 Å². The van der Waals surface area contributed by atoms with Crippen LogP contribution >= 0.6 is 0 Å². The van der Waals surface area contributed by atoms with Crippen LogP contribution in [-0.2, 0) is 14.3 Å². The van der Waals surface area contributed by atoms with Crippen molar-refractivity contribution in [2.45, 2.75) is 91.3 Å². The minimum Gasteiger partial charge on any atom is -0.508 e. The van der Waals surface area contributed by atoms with Gasteiger partial charge in [0.25, 0.3) is 5.91 Å². The molecular weight excluding hydrogens is 522 g/mol. The monoisotopic (exact) mass is 569 g/mol. The highest BCUT2D eigenvalue weighted by Crippen LogP contribution is 2.32. The zero-order chi connectivity index (χ0) is 30.6. The molecule has 0 aliphatic rings. The van der Waals surface area contributed by atoms with Crippen molar-refractivity contribution in [3.63, 3.8) is 0 Å². The number of ether oxygens (including phenoxy) is 2. The first-order valence-electron chi connectivity index (χ1n) is 14.4. The third-order valence-electron chi connectivity index (χ3n) is 6.84. The Morgan fingerprint density at radius 2 is 1.63 bits per heavy atom. The van der Waals surface area contributed by atoms with Gasteiger partial charge in [-0.05, 0) is 63.4 Å². The van der Waals surface area contributed by atoms with Crippen molar-refractivity contribution in [2.75, 3.05) is 19.0 Å². The van der Waals surface area contributed by atoms with Gasteiger partial charge in [0.2, 0.25) is 5.91 Å². The van der Waals surface area contributed by atoms with Crippen molar-refractivity contribution in [1.29, 1.82) is 0 Å². The summed E-state index contributed by atoms with van der Waals surface area (Å²) in [5.41, 5.74) is 0.0614. The summed E-state index contributed by atoms with van der Waals surface area (Å²) >= 11 is 0. The molecular formula is C32H47N3O6. The summed E-state index contributed by atoms with van der Waals surface area (Å²) in [5, 5.41) is 16.5. The minimum atomic E-state index is -1.15. The second kappa shape index (κ2) is 15.9. The molecule has 2 rings (SSSR count). The van der Waals surface area contributed by atoms with Crippen LogP contribution in [0.15, 0.2) is 48.5 Å².